The zero-order valence-electron chi connectivity index (χ0n) is 10.3. The van der Waals surface area contributed by atoms with Crippen LogP contribution in [0.3, 0.4) is 0 Å². The Labute approximate surface area is 94.4 Å². The molecule has 0 unspecified atom stereocenters. The summed E-state index contributed by atoms with van der Waals surface area (Å²) < 4.78 is 5.07. The van der Waals surface area contributed by atoms with Crippen molar-refractivity contribution in [2.75, 3.05) is 6.61 Å². The van der Waals surface area contributed by atoms with Crippen molar-refractivity contribution < 1.29 is 9.53 Å². The van der Waals surface area contributed by atoms with E-state index < -0.39 is 0 Å². The fourth-order valence-electron chi connectivity index (χ4n) is 1.37. The molecule has 0 saturated heterocycles. The van der Waals surface area contributed by atoms with Crippen molar-refractivity contribution in [1.29, 1.82) is 0 Å². The summed E-state index contributed by atoms with van der Waals surface area (Å²) >= 11 is 0. The van der Waals surface area contributed by atoms with Gasteiger partial charge in [-0.2, -0.15) is 0 Å². The van der Waals surface area contributed by atoms with Gasteiger partial charge in [0.1, 0.15) is 0 Å². The van der Waals surface area contributed by atoms with E-state index in [1.54, 1.807) is 6.42 Å². The van der Waals surface area contributed by atoms with Crippen molar-refractivity contribution in [3.63, 3.8) is 0 Å². The molecule has 0 spiro atoms. The van der Waals surface area contributed by atoms with E-state index >= 15 is 0 Å². The largest absolute Gasteiger partial charge is 0.465 e. The second-order valence-corrected chi connectivity index (χ2v) is 3.93. The van der Waals surface area contributed by atoms with Crippen LogP contribution in [0.15, 0.2) is 0 Å². The normalized spacial score (nSPS) is 10.3. The maximum atomic E-state index is 11.2. The van der Waals surface area contributed by atoms with E-state index in [2.05, 4.69) is 13.8 Å². The third-order valence-electron chi connectivity index (χ3n) is 2.36. The van der Waals surface area contributed by atoms with Gasteiger partial charge in [0.25, 0.3) is 0 Å². The summed E-state index contributed by atoms with van der Waals surface area (Å²) in [6, 6.07) is 0. The number of unbranched alkanes of at least 4 members (excludes halogenated alkanes) is 6. The molecule has 0 fully saturated rings. The minimum Gasteiger partial charge on any atom is -0.465 e. The zero-order valence-corrected chi connectivity index (χ0v) is 10.3. The van der Waals surface area contributed by atoms with Crippen LogP contribution in [0.5, 0.6) is 0 Å². The van der Waals surface area contributed by atoms with E-state index in [-0.39, 0.29) is 5.97 Å². The van der Waals surface area contributed by atoms with Crippen molar-refractivity contribution in [2.45, 2.75) is 65.2 Å². The van der Waals surface area contributed by atoms with E-state index in [9.17, 15) is 4.79 Å². The lowest BCUT2D eigenvalue weighted by Gasteiger charge is -2.03. The molecule has 0 rings (SSSR count). The summed E-state index contributed by atoms with van der Waals surface area (Å²) in [7, 11) is 0. The highest BCUT2D eigenvalue weighted by atomic mass is 16.5. The van der Waals surface area contributed by atoms with Gasteiger partial charge in [-0.3, -0.25) is 4.79 Å². The Bertz CT molecular complexity index is 143. The van der Waals surface area contributed by atoms with E-state index in [0.29, 0.717) is 6.61 Å². The summed E-state index contributed by atoms with van der Waals surface area (Å²) in [4.78, 5) is 11.2. The van der Waals surface area contributed by atoms with Crippen molar-refractivity contribution >= 4 is 5.97 Å². The molecule has 89 valence electrons. The lowest BCUT2D eigenvalue weighted by Crippen LogP contribution is -2.06. The van der Waals surface area contributed by atoms with Gasteiger partial charge in [0, 0.05) is 0 Å². The van der Waals surface area contributed by atoms with E-state index in [0.717, 1.165) is 19.3 Å². The van der Waals surface area contributed by atoms with Crippen LogP contribution in [0.1, 0.15) is 65.2 Å². The predicted molar refractivity (Wildman–Crippen MR) is 63.5 cm³/mol. The fourth-order valence-corrected chi connectivity index (χ4v) is 1.37. The molecule has 0 atom stereocenters. The van der Waals surface area contributed by atoms with E-state index in [1.807, 2.05) is 0 Å². The molecular weight excluding hydrogens is 188 g/mol. The van der Waals surface area contributed by atoms with Gasteiger partial charge < -0.3 is 4.74 Å². The standard InChI is InChI=1S/C13H25O2/c1-3-5-7-9-11-13(14)15-12-10-8-6-4-2/h11H,3-10,12H2,1-2H3. The van der Waals surface area contributed by atoms with Gasteiger partial charge in [-0.15, -0.1) is 0 Å². The summed E-state index contributed by atoms with van der Waals surface area (Å²) in [5.41, 5.74) is 0. The maximum absolute atomic E-state index is 11.2. The van der Waals surface area contributed by atoms with Gasteiger partial charge >= 0.3 is 5.97 Å². The van der Waals surface area contributed by atoms with Crippen molar-refractivity contribution in [3.8, 4) is 0 Å². The Morgan fingerprint density at radius 2 is 1.67 bits per heavy atom. The Hall–Kier alpha value is -0.530. The number of esters is 1. The first kappa shape index (κ1) is 14.5. The Balaban J connectivity index is 3.11. The monoisotopic (exact) mass is 213 g/mol. The first-order valence-corrected chi connectivity index (χ1v) is 6.31. The zero-order chi connectivity index (χ0) is 11.4. The Morgan fingerprint density at radius 1 is 1.00 bits per heavy atom. The second-order valence-electron chi connectivity index (χ2n) is 3.93. The molecule has 0 N–H and O–H groups in total. The van der Waals surface area contributed by atoms with Crippen LogP contribution < -0.4 is 0 Å². The number of ether oxygens (including phenoxy) is 1. The lowest BCUT2D eigenvalue weighted by atomic mass is 10.1. The molecule has 0 aromatic rings. The van der Waals surface area contributed by atoms with Gasteiger partial charge in [0.2, 0.25) is 0 Å². The van der Waals surface area contributed by atoms with Crippen LogP contribution >= 0.6 is 0 Å². The number of rotatable bonds is 10. The lowest BCUT2D eigenvalue weighted by molar-refractivity contribution is -0.139. The van der Waals surface area contributed by atoms with Crippen molar-refractivity contribution in [1.82, 2.24) is 0 Å². The molecule has 2 heteroatoms. The minimum absolute atomic E-state index is 0.136. The fraction of sp³-hybridized carbons (Fsp3) is 0.846. The van der Waals surface area contributed by atoms with Gasteiger partial charge in [-0.1, -0.05) is 52.4 Å². The van der Waals surface area contributed by atoms with Gasteiger partial charge in [0.05, 0.1) is 13.0 Å². The molecule has 0 amide bonds. The number of carbonyl (C=O) groups excluding carboxylic acids is 1. The quantitative estimate of drug-likeness (QED) is 0.406. The SMILES string of the molecule is CCCCC[CH]C(=O)OCCCCCC. The first-order chi connectivity index (χ1) is 7.31. The summed E-state index contributed by atoms with van der Waals surface area (Å²) in [6.07, 6.45) is 10.6. The average molecular weight is 213 g/mol. The summed E-state index contributed by atoms with van der Waals surface area (Å²) in [5.74, 6) is -0.136. The minimum atomic E-state index is -0.136. The van der Waals surface area contributed by atoms with Gasteiger partial charge in [-0.25, -0.2) is 0 Å². The van der Waals surface area contributed by atoms with Crippen LogP contribution in [0, 0.1) is 6.42 Å². The highest BCUT2D eigenvalue weighted by molar-refractivity contribution is 5.78. The Kier molecular flexibility index (Phi) is 11.1. The van der Waals surface area contributed by atoms with Gasteiger partial charge in [-0.05, 0) is 12.8 Å². The number of hydrogen-bond donors (Lipinski definition) is 0. The van der Waals surface area contributed by atoms with E-state index in [1.165, 1.54) is 32.1 Å². The van der Waals surface area contributed by atoms with E-state index in [4.69, 9.17) is 4.74 Å². The van der Waals surface area contributed by atoms with Crippen LogP contribution in [-0.2, 0) is 9.53 Å². The highest BCUT2D eigenvalue weighted by Crippen LogP contribution is 2.04. The third kappa shape index (κ3) is 11.4. The van der Waals surface area contributed by atoms with Gasteiger partial charge in [0.15, 0.2) is 0 Å². The Morgan fingerprint density at radius 3 is 2.33 bits per heavy atom. The topological polar surface area (TPSA) is 26.3 Å². The first-order valence-electron chi connectivity index (χ1n) is 6.31. The summed E-state index contributed by atoms with van der Waals surface area (Å²) in [6.45, 7) is 4.92. The summed E-state index contributed by atoms with van der Waals surface area (Å²) in [5, 5.41) is 0. The molecule has 0 bridgehead atoms. The molecule has 0 aromatic carbocycles. The third-order valence-corrected chi connectivity index (χ3v) is 2.36. The molecule has 1 radical (unpaired) electrons. The molecule has 0 heterocycles. The van der Waals surface area contributed by atoms with Crippen molar-refractivity contribution in [3.05, 3.63) is 6.42 Å². The van der Waals surface area contributed by atoms with Crippen LogP contribution in [-0.4, -0.2) is 12.6 Å². The second kappa shape index (κ2) is 11.5. The number of carbonyl (C=O) groups is 1. The smallest absolute Gasteiger partial charge is 0.309 e. The molecule has 0 aromatic heterocycles. The molecular formula is C13H25O2. The van der Waals surface area contributed by atoms with Crippen LogP contribution in [0.2, 0.25) is 0 Å². The molecule has 0 aliphatic rings. The molecule has 2 nitrogen and oxygen atoms in total. The molecule has 0 aliphatic heterocycles. The highest BCUT2D eigenvalue weighted by Gasteiger charge is 2.02. The molecule has 15 heavy (non-hydrogen) atoms. The number of hydrogen-bond acceptors (Lipinski definition) is 2. The van der Waals surface area contributed by atoms with Crippen LogP contribution in [0.25, 0.3) is 0 Å². The molecule has 0 saturated carbocycles. The molecule has 0 aliphatic carbocycles. The van der Waals surface area contributed by atoms with Crippen molar-refractivity contribution in [2.24, 2.45) is 0 Å². The maximum Gasteiger partial charge on any atom is 0.309 e. The predicted octanol–water partition coefficient (Wildman–Crippen LogP) is 3.89. The van der Waals surface area contributed by atoms with Crippen LogP contribution in [0.4, 0.5) is 0 Å². The average Bonchev–Trinajstić information content (AvgIpc) is 2.24.